The van der Waals surface area contributed by atoms with Crippen LogP contribution in [-0.4, -0.2) is 54.0 Å². The summed E-state index contributed by atoms with van der Waals surface area (Å²) in [5.41, 5.74) is 6.72. The number of carbonyl (C=O) groups excluding carboxylic acids is 2. The molecule has 1 unspecified atom stereocenters. The van der Waals surface area contributed by atoms with Gasteiger partial charge in [-0.2, -0.15) is 0 Å². The summed E-state index contributed by atoms with van der Waals surface area (Å²) in [4.78, 5) is 32.4. The number of nitrogens with two attached hydrogens (primary N) is 1. The molecule has 0 aromatic carbocycles. The van der Waals surface area contributed by atoms with Gasteiger partial charge in [0.1, 0.15) is 12.6 Å². The van der Waals surface area contributed by atoms with Crippen molar-refractivity contribution in [2.24, 2.45) is 5.73 Å². The van der Waals surface area contributed by atoms with Crippen molar-refractivity contribution in [3.05, 3.63) is 41.9 Å². The number of primary amides is 1. The average molecular weight is 369 g/mol. The van der Waals surface area contributed by atoms with Crippen molar-refractivity contribution in [3.8, 4) is 5.75 Å². The van der Waals surface area contributed by atoms with Crippen LogP contribution < -0.4 is 20.7 Å². The molecular weight excluding hydrogens is 346 g/mol. The summed E-state index contributed by atoms with van der Waals surface area (Å²) in [5, 5.41) is 2.97. The minimum Gasteiger partial charge on any atom is -0.488 e. The Hall–Kier alpha value is -3.03. The van der Waals surface area contributed by atoms with Crippen LogP contribution in [0, 0.1) is 0 Å². The van der Waals surface area contributed by atoms with E-state index in [0.717, 1.165) is 31.6 Å². The van der Waals surface area contributed by atoms with Gasteiger partial charge in [0, 0.05) is 25.5 Å². The Balaban J connectivity index is 1.55. The van der Waals surface area contributed by atoms with Gasteiger partial charge < -0.3 is 25.6 Å². The number of fused-ring (bicyclic) bond motifs is 1. The monoisotopic (exact) mass is 369 g/mol. The average Bonchev–Trinajstić information content (AvgIpc) is 2.73. The SMILES string of the molecule is NC(=O)C1C=CC(N2CCOc3cc(C(=O)N4CCCCC4)cnc32)=CN1. The number of pyridine rings is 1. The lowest BCUT2D eigenvalue weighted by Gasteiger charge is -2.32. The summed E-state index contributed by atoms with van der Waals surface area (Å²) in [5.74, 6) is 0.832. The van der Waals surface area contributed by atoms with Crippen LogP contribution in [0.4, 0.5) is 5.82 Å². The van der Waals surface area contributed by atoms with E-state index in [0.29, 0.717) is 30.3 Å². The molecule has 1 atom stereocenters. The van der Waals surface area contributed by atoms with Crippen LogP contribution in [0.2, 0.25) is 0 Å². The molecule has 1 fully saturated rings. The van der Waals surface area contributed by atoms with Crippen LogP contribution in [0.15, 0.2) is 36.3 Å². The number of ether oxygens (including phenoxy) is 1. The van der Waals surface area contributed by atoms with Crippen LogP contribution >= 0.6 is 0 Å². The van der Waals surface area contributed by atoms with Gasteiger partial charge in [-0.15, -0.1) is 0 Å². The number of dihydropyridines is 1. The van der Waals surface area contributed by atoms with Gasteiger partial charge in [-0.3, -0.25) is 9.59 Å². The van der Waals surface area contributed by atoms with E-state index in [2.05, 4.69) is 10.3 Å². The summed E-state index contributed by atoms with van der Waals surface area (Å²) >= 11 is 0. The molecule has 8 heteroatoms. The number of carbonyl (C=O) groups is 2. The molecule has 0 radical (unpaired) electrons. The summed E-state index contributed by atoms with van der Waals surface area (Å²) < 4.78 is 5.76. The molecular formula is C19H23N5O3. The number of anilines is 1. The van der Waals surface area contributed by atoms with Crippen molar-refractivity contribution < 1.29 is 14.3 Å². The lowest BCUT2D eigenvalue weighted by Crippen LogP contribution is -2.41. The van der Waals surface area contributed by atoms with E-state index < -0.39 is 11.9 Å². The first-order chi connectivity index (χ1) is 13.1. The Labute approximate surface area is 157 Å². The van der Waals surface area contributed by atoms with Crippen molar-refractivity contribution >= 4 is 17.6 Å². The molecule has 4 heterocycles. The van der Waals surface area contributed by atoms with Crippen LogP contribution in [0.5, 0.6) is 5.75 Å². The van der Waals surface area contributed by atoms with Crippen molar-refractivity contribution in [2.75, 3.05) is 31.1 Å². The zero-order valence-electron chi connectivity index (χ0n) is 15.1. The van der Waals surface area contributed by atoms with Gasteiger partial charge in [-0.25, -0.2) is 4.98 Å². The molecule has 0 spiro atoms. The molecule has 3 aliphatic rings. The van der Waals surface area contributed by atoms with Gasteiger partial charge in [-0.1, -0.05) is 6.08 Å². The Morgan fingerprint density at radius 2 is 2.04 bits per heavy atom. The van der Waals surface area contributed by atoms with Crippen LogP contribution in [0.25, 0.3) is 0 Å². The predicted molar refractivity (Wildman–Crippen MR) is 100 cm³/mol. The largest absolute Gasteiger partial charge is 0.488 e. The van der Waals surface area contributed by atoms with Gasteiger partial charge in [-0.05, 0) is 31.4 Å². The van der Waals surface area contributed by atoms with E-state index in [1.807, 2.05) is 15.9 Å². The lowest BCUT2D eigenvalue weighted by atomic mass is 10.1. The second-order valence-electron chi connectivity index (χ2n) is 6.87. The highest BCUT2D eigenvalue weighted by atomic mass is 16.5. The highest BCUT2D eigenvalue weighted by molar-refractivity contribution is 5.95. The molecule has 1 saturated heterocycles. The van der Waals surface area contributed by atoms with Crippen molar-refractivity contribution in [1.29, 1.82) is 0 Å². The first-order valence-corrected chi connectivity index (χ1v) is 9.27. The van der Waals surface area contributed by atoms with E-state index in [-0.39, 0.29) is 5.91 Å². The van der Waals surface area contributed by atoms with E-state index in [9.17, 15) is 9.59 Å². The number of hydrogen-bond donors (Lipinski definition) is 2. The first-order valence-electron chi connectivity index (χ1n) is 9.27. The van der Waals surface area contributed by atoms with Crippen molar-refractivity contribution in [1.82, 2.24) is 15.2 Å². The van der Waals surface area contributed by atoms with Crippen molar-refractivity contribution in [2.45, 2.75) is 25.3 Å². The molecule has 1 aromatic heterocycles. The molecule has 8 nitrogen and oxygen atoms in total. The smallest absolute Gasteiger partial charge is 0.255 e. The molecule has 0 saturated carbocycles. The highest BCUT2D eigenvalue weighted by Crippen LogP contribution is 2.33. The number of hydrogen-bond acceptors (Lipinski definition) is 6. The highest BCUT2D eigenvalue weighted by Gasteiger charge is 2.26. The maximum Gasteiger partial charge on any atom is 0.255 e. The fraction of sp³-hybridized carbons (Fsp3) is 0.421. The van der Waals surface area contributed by atoms with Gasteiger partial charge in [0.15, 0.2) is 11.6 Å². The molecule has 3 N–H and O–H groups in total. The van der Waals surface area contributed by atoms with E-state index in [4.69, 9.17) is 10.5 Å². The van der Waals surface area contributed by atoms with Crippen molar-refractivity contribution in [3.63, 3.8) is 0 Å². The maximum absolute atomic E-state index is 12.7. The zero-order valence-corrected chi connectivity index (χ0v) is 15.1. The predicted octanol–water partition coefficient (Wildman–Crippen LogP) is 0.761. The molecule has 2 amide bonds. The summed E-state index contributed by atoms with van der Waals surface area (Å²) in [7, 11) is 0. The fourth-order valence-corrected chi connectivity index (χ4v) is 3.57. The molecule has 0 bridgehead atoms. The van der Waals surface area contributed by atoms with Crippen LogP contribution in [0.1, 0.15) is 29.6 Å². The number of aromatic nitrogens is 1. The van der Waals surface area contributed by atoms with E-state index in [1.54, 1.807) is 24.5 Å². The number of amides is 2. The van der Waals surface area contributed by atoms with Gasteiger partial charge in [0.2, 0.25) is 5.91 Å². The third-order valence-corrected chi connectivity index (χ3v) is 5.04. The molecule has 3 aliphatic heterocycles. The zero-order chi connectivity index (χ0) is 18.8. The number of piperidine rings is 1. The number of nitrogens with one attached hydrogen (secondary N) is 1. The Morgan fingerprint density at radius 3 is 2.74 bits per heavy atom. The normalized spacial score (nSPS) is 21.6. The Bertz CT molecular complexity index is 814. The summed E-state index contributed by atoms with van der Waals surface area (Å²) in [6, 6.07) is 1.27. The molecule has 0 aliphatic carbocycles. The number of rotatable bonds is 3. The second-order valence-corrected chi connectivity index (χ2v) is 6.87. The number of likely N-dealkylation sites (tertiary alicyclic amines) is 1. The molecule has 4 rings (SSSR count). The van der Waals surface area contributed by atoms with Crippen LogP contribution in [0.3, 0.4) is 0 Å². The van der Waals surface area contributed by atoms with E-state index in [1.165, 1.54) is 6.42 Å². The van der Waals surface area contributed by atoms with Gasteiger partial charge in [0.05, 0.1) is 17.8 Å². The maximum atomic E-state index is 12.7. The minimum absolute atomic E-state index is 0.00784. The van der Waals surface area contributed by atoms with E-state index >= 15 is 0 Å². The third-order valence-electron chi connectivity index (χ3n) is 5.04. The third kappa shape index (κ3) is 3.47. The Kier molecular flexibility index (Phi) is 4.70. The second kappa shape index (κ2) is 7.30. The quantitative estimate of drug-likeness (QED) is 0.816. The molecule has 27 heavy (non-hydrogen) atoms. The summed E-state index contributed by atoms with van der Waals surface area (Å²) in [6.07, 6.45) is 10.2. The first kappa shape index (κ1) is 17.4. The topological polar surface area (TPSA) is 101 Å². The Morgan fingerprint density at radius 1 is 1.22 bits per heavy atom. The lowest BCUT2D eigenvalue weighted by molar-refractivity contribution is -0.118. The minimum atomic E-state index is -0.508. The molecule has 142 valence electrons. The van der Waals surface area contributed by atoms with Crippen LogP contribution in [-0.2, 0) is 4.79 Å². The number of nitrogens with zero attached hydrogens (tertiary/aromatic N) is 3. The standard InChI is InChI=1S/C19H23N5O3/c20-17(25)15-5-4-14(12-21-15)24-8-9-27-16-10-13(11-22-18(16)24)19(26)23-6-2-1-3-7-23/h4-5,10-12,15,21H,1-3,6-9H2,(H2,20,25). The van der Waals surface area contributed by atoms with Gasteiger partial charge in [0.25, 0.3) is 5.91 Å². The summed E-state index contributed by atoms with van der Waals surface area (Å²) in [6.45, 7) is 2.71. The fourth-order valence-electron chi connectivity index (χ4n) is 3.57. The number of allylic oxidation sites excluding steroid dienone is 1. The van der Waals surface area contributed by atoms with Gasteiger partial charge >= 0.3 is 0 Å². The molecule has 1 aromatic rings.